The molecule has 1 fully saturated rings. The maximum atomic E-state index is 12.2. The van der Waals surface area contributed by atoms with Crippen LogP contribution in [0.1, 0.15) is 77.6 Å². The largest absolute Gasteiger partial charge is 0.294 e. The monoisotopic (exact) mass is 285 g/mol. The van der Waals surface area contributed by atoms with Crippen molar-refractivity contribution in [2.75, 3.05) is 17.8 Å². The first-order chi connectivity index (χ1) is 9.24. The molecule has 0 radical (unpaired) electrons. The quantitative estimate of drug-likeness (QED) is 0.418. The number of ketones is 1. The maximum Gasteiger partial charge on any atom is 0.184 e. The summed E-state index contributed by atoms with van der Waals surface area (Å²) in [6, 6.07) is 0. The predicted octanol–water partition coefficient (Wildman–Crippen LogP) is 4.74. The molecule has 112 valence electrons. The SMILES string of the molecule is CCCCCCCC[S+](C)CC(=O)C1CCCCC1. The molecule has 0 saturated heterocycles. The van der Waals surface area contributed by atoms with Gasteiger partial charge in [-0.2, -0.15) is 0 Å². The first-order valence-electron chi connectivity index (χ1n) is 8.36. The van der Waals surface area contributed by atoms with E-state index in [1.54, 1.807) is 0 Å². The Balaban J connectivity index is 2.02. The smallest absolute Gasteiger partial charge is 0.184 e. The van der Waals surface area contributed by atoms with Gasteiger partial charge < -0.3 is 0 Å². The zero-order valence-electron chi connectivity index (χ0n) is 13.1. The molecule has 1 saturated carbocycles. The Kier molecular flexibility index (Phi) is 9.67. The van der Waals surface area contributed by atoms with Crippen molar-refractivity contribution in [2.24, 2.45) is 5.92 Å². The third-order valence-corrected chi connectivity index (χ3v) is 6.06. The summed E-state index contributed by atoms with van der Waals surface area (Å²) in [7, 11) is 0.341. The third-order valence-electron chi connectivity index (χ3n) is 4.30. The van der Waals surface area contributed by atoms with E-state index in [9.17, 15) is 4.79 Å². The van der Waals surface area contributed by atoms with Gasteiger partial charge in [0, 0.05) is 5.92 Å². The van der Waals surface area contributed by atoms with Crippen LogP contribution in [0.5, 0.6) is 0 Å². The molecule has 1 atom stereocenters. The van der Waals surface area contributed by atoms with Crippen LogP contribution in [0.15, 0.2) is 0 Å². The Hall–Kier alpha value is 0.0200. The molecule has 0 bridgehead atoms. The standard InChI is InChI=1S/C17H33OS/c1-3-4-5-6-7-11-14-19(2)15-17(18)16-12-9-8-10-13-16/h16H,3-15H2,1-2H3/q+1. The molecular formula is C17H33OS+. The normalized spacial score (nSPS) is 18.4. The lowest BCUT2D eigenvalue weighted by atomic mass is 9.87. The minimum atomic E-state index is 0.341. The molecule has 0 aromatic rings. The van der Waals surface area contributed by atoms with Crippen LogP contribution in [0.3, 0.4) is 0 Å². The van der Waals surface area contributed by atoms with Crippen molar-refractivity contribution in [3.05, 3.63) is 0 Å². The summed E-state index contributed by atoms with van der Waals surface area (Å²) in [6.07, 6.45) is 16.8. The fourth-order valence-corrected chi connectivity index (χ4v) is 4.55. The molecule has 2 heteroatoms. The molecule has 0 aromatic carbocycles. The highest BCUT2D eigenvalue weighted by Gasteiger charge is 2.26. The van der Waals surface area contributed by atoms with Crippen LogP contribution in [-0.4, -0.2) is 23.5 Å². The lowest BCUT2D eigenvalue weighted by molar-refractivity contribution is -0.121. The van der Waals surface area contributed by atoms with Crippen LogP contribution in [0, 0.1) is 5.92 Å². The molecule has 1 aliphatic rings. The highest BCUT2D eigenvalue weighted by Crippen LogP contribution is 2.24. The van der Waals surface area contributed by atoms with Crippen molar-refractivity contribution in [1.29, 1.82) is 0 Å². The summed E-state index contributed by atoms with van der Waals surface area (Å²) in [5.41, 5.74) is 0. The fraction of sp³-hybridized carbons (Fsp3) is 0.941. The van der Waals surface area contributed by atoms with Gasteiger partial charge in [0.15, 0.2) is 11.5 Å². The minimum Gasteiger partial charge on any atom is -0.294 e. The van der Waals surface area contributed by atoms with Crippen molar-refractivity contribution >= 4 is 16.7 Å². The molecule has 0 aliphatic heterocycles. The minimum absolute atomic E-state index is 0.341. The van der Waals surface area contributed by atoms with Gasteiger partial charge in [-0.3, -0.25) is 4.79 Å². The number of carbonyl (C=O) groups excluding carboxylic acids is 1. The van der Waals surface area contributed by atoms with E-state index in [4.69, 9.17) is 0 Å². The van der Waals surface area contributed by atoms with Gasteiger partial charge in [0.25, 0.3) is 0 Å². The van der Waals surface area contributed by atoms with Crippen molar-refractivity contribution in [2.45, 2.75) is 77.6 Å². The van der Waals surface area contributed by atoms with E-state index in [0.717, 1.165) is 5.75 Å². The highest BCUT2D eigenvalue weighted by molar-refractivity contribution is 7.96. The molecule has 0 spiro atoms. The lowest BCUT2D eigenvalue weighted by Crippen LogP contribution is -2.26. The number of rotatable bonds is 10. The van der Waals surface area contributed by atoms with E-state index >= 15 is 0 Å². The molecule has 19 heavy (non-hydrogen) atoms. The Labute approximate surface area is 123 Å². The van der Waals surface area contributed by atoms with Gasteiger partial charge in [0.2, 0.25) is 0 Å². The van der Waals surface area contributed by atoms with Crippen LogP contribution in [0.4, 0.5) is 0 Å². The van der Waals surface area contributed by atoms with Crippen LogP contribution < -0.4 is 0 Å². The molecule has 0 N–H and O–H groups in total. The van der Waals surface area contributed by atoms with Crippen molar-refractivity contribution in [3.63, 3.8) is 0 Å². The zero-order chi connectivity index (χ0) is 13.9. The molecule has 1 unspecified atom stereocenters. The first kappa shape index (κ1) is 17.1. The van der Waals surface area contributed by atoms with Crippen molar-refractivity contribution in [1.82, 2.24) is 0 Å². The van der Waals surface area contributed by atoms with E-state index in [1.807, 2.05) is 0 Å². The molecule has 0 aromatic heterocycles. The fourth-order valence-electron chi connectivity index (χ4n) is 2.99. The lowest BCUT2D eigenvalue weighted by Gasteiger charge is -2.19. The Morgan fingerprint density at radius 1 is 1.00 bits per heavy atom. The summed E-state index contributed by atoms with van der Waals surface area (Å²) >= 11 is 0. The van der Waals surface area contributed by atoms with Gasteiger partial charge >= 0.3 is 0 Å². The van der Waals surface area contributed by atoms with Gasteiger partial charge in [0.05, 0.1) is 6.26 Å². The Morgan fingerprint density at radius 2 is 1.63 bits per heavy atom. The van der Waals surface area contributed by atoms with E-state index in [1.165, 1.54) is 76.4 Å². The second kappa shape index (κ2) is 10.8. The number of carbonyl (C=O) groups is 1. The second-order valence-electron chi connectivity index (χ2n) is 6.20. The molecule has 1 aliphatic carbocycles. The van der Waals surface area contributed by atoms with Gasteiger partial charge in [-0.15, -0.1) is 0 Å². The van der Waals surface area contributed by atoms with Crippen LogP contribution in [0.2, 0.25) is 0 Å². The van der Waals surface area contributed by atoms with E-state index < -0.39 is 0 Å². The molecular weight excluding hydrogens is 252 g/mol. The zero-order valence-corrected chi connectivity index (χ0v) is 13.9. The average Bonchev–Trinajstić information content (AvgIpc) is 2.43. The number of unbranched alkanes of at least 4 members (excludes halogenated alkanes) is 5. The van der Waals surface area contributed by atoms with Crippen molar-refractivity contribution in [3.8, 4) is 0 Å². The number of hydrogen-bond donors (Lipinski definition) is 0. The Morgan fingerprint density at radius 3 is 2.32 bits per heavy atom. The van der Waals surface area contributed by atoms with Crippen LogP contribution >= 0.6 is 0 Å². The van der Waals surface area contributed by atoms with Crippen molar-refractivity contribution < 1.29 is 4.79 Å². The van der Waals surface area contributed by atoms with Gasteiger partial charge in [-0.1, -0.05) is 51.9 Å². The summed E-state index contributed by atoms with van der Waals surface area (Å²) in [6.45, 7) is 2.26. The van der Waals surface area contributed by atoms with Crippen LogP contribution in [-0.2, 0) is 15.7 Å². The third kappa shape index (κ3) is 8.02. The first-order valence-corrected chi connectivity index (χ1v) is 10.3. The summed E-state index contributed by atoms with van der Waals surface area (Å²) in [5, 5.41) is 0. The summed E-state index contributed by atoms with van der Waals surface area (Å²) in [5.74, 6) is 3.16. The van der Waals surface area contributed by atoms with E-state index in [-0.39, 0.29) is 0 Å². The maximum absolute atomic E-state index is 12.2. The number of Topliss-reactive ketones (excluding diaryl/α,β-unsaturated/α-hetero) is 1. The average molecular weight is 286 g/mol. The highest BCUT2D eigenvalue weighted by atomic mass is 32.2. The predicted molar refractivity (Wildman–Crippen MR) is 88.0 cm³/mol. The van der Waals surface area contributed by atoms with Gasteiger partial charge in [0.1, 0.15) is 5.75 Å². The number of hydrogen-bond acceptors (Lipinski definition) is 1. The van der Waals surface area contributed by atoms with E-state index in [0.29, 0.717) is 22.6 Å². The summed E-state index contributed by atoms with van der Waals surface area (Å²) in [4.78, 5) is 12.2. The van der Waals surface area contributed by atoms with E-state index in [2.05, 4.69) is 13.2 Å². The molecule has 1 nitrogen and oxygen atoms in total. The second-order valence-corrected chi connectivity index (χ2v) is 8.46. The summed E-state index contributed by atoms with van der Waals surface area (Å²) < 4.78 is 0. The Bertz CT molecular complexity index is 233. The van der Waals surface area contributed by atoms with Gasteiger partial charge in [-0.25, -0.2) is 0 Å². The molecule has 1 rings (SSSR count). The van der Waals surface area contributed by atoms with Gasteiger partial charge in [-0.05, 0) is 36.6 Å². The molecule has 0 amide bonds. The topological polar surface area (TPSA) is 17.1 Å². The van der Waals surface area contributed by atoms with Crippen LogP contribution in [0.25, 0.3) is 0 Å². The molecule has 0 heterocycles.